The van der Waals surface area contributed by atoms with Crippen LogP contribution in [0.15, 0.2) is 55.1 Å². The number of likely N-dealkylation sites (N-methyl/N-ethyl adjacent to an activating group) is 1. The van der Waals surface area contributed by atoms with E-state index in [1.165, 1.54) is 0 Å². The molecule has 1 fully saturated rings. The fourth-order valence-electron chi connectivity index (χ4n) is 4.00. The minimum Gasteiger partial charge on any atom is -0.353 e. The second-order valence-corrected chi connectivity index (χ2v) is 8.33. The Bertz CT molecular complexity index is 1270. The Morgan fingerprint density at radius 3 is 2.56 bits per heavy atom. The molecule has 1 aromatic carbocycles. The molecule has 32 heavy (non-hydrogen) atoms. The fourth-order valence-corrected chi connectivity index (χ4v) is 4.00. The van der Waals surface area contributed by atoms with Gasteiger partial charge in [-0.05, 0) is 36.2 Å². The third-order valence-corrected chi connectivity index (χ3v) is 5.95. The largest absolute Gasteiger partial charge is 0.353 e. The summed E-state index contributed by atoms with van der Waals surface area (Å²) < 4.78 is 1.79. The van der Waals surface area contributed by atoms with Gasteiger partial charge in [0.1, 0.15) is 0 Å². The first-order valence-electron chi connectivity index (χ1n) is 10.7. The number of rotatable bonds is 5. The SMILES string of the molecule is CN1CCN(c2cc(C(=O)Cc3cc4cc(-c5cnn(C)c5)ccc4cn3)cnn2)CC1. The lowest BCUT2D eigenvalue weighted by Gasteiger charge is -2.32. The van der Waals surface area contributed by atoms with E-state index in [9.17, 15) is 4.79 Å². The molecule has 0 saturated carbocycles. The van der Waals surface area contributed by atoms with Crippen LogP contribution in [0.25, 0.3) is 21.9 Å². The van der Waals surface area contributed by atoms with Crippen LogP contribution in [0.1, 0.15) is 16.1 Å². The van der Waals surface area contributed by atoms with Crippen molar-refractivity contribution in [1.82, 2.24) is 29.9 Å². The van der Waals surface area contributed by atoms with E-state index in [4.69, 9.17) is 0 Å². The van der Waals surface area contributed by atoms with Crippen molar-refractivity contribution in [2.24, 2.45) is 7.05 Å². The van der Waals surface area contributed by atoms with E-state index in [0.717, 1.165) is 59.6 Å². The first-order chi connectivity index (χ1) is 15.5. The molecule has 4 aromatic rings. The molecule has 1 aliphatic heterocycles. The van der Waals surface area contributed by atoms with Crippen LogP contribution in [0.4, 0.5) is 5.82 Å². The standard InChI is InChI=1S/C24H25N7O/c1-29-5-7-31(8-6-29)24-11-20(14-26-28-24)23(32)12-22-10-19-9-17(3-4-18(19)13-25-22)21-15-27-30(2)16-21/h3-4,9-11,13-16H,5-8,12H2,1-2H3. The predicted octanol–water partition coefficient (Wildman–Crippen LogP) is 2.60. The van der Waals surface area contributed by atoms with Crippen LogP contribution in [0, 0.1) is 0 Å². The Kier molecular flexibility index (Phi) is 5.36. The van der Waals surface area contributed by atoms with Crippen molar-refractivity contribution in [1.29, 1.82) is 0 Å². The second kappa shape index (κ2) is 8.47. The minimum absolute atomic E-state index is 0.00876. The molecule has 1 saturated heterocycles. The third-order valence-electron chi connectivity index (χ3n) is 5.95. The van der Waals surface area contributed by atoms with Crippen molar-refractivity contribution < 1.29 is 4.79 Å². The van der Waals surface area contributed by atoms with E-state index in [2.05, 4.69) is 49.3 Å². The summed E-state index contributed by atoms with van der Waals surface area (Å²) in [5.41, 5.74) is 3.45. The van der Waals surface area contributed by atoms with E-state index >= 15 is 0 Å². The van der Waals surface area contributed by atoms with Crippen molar-refractivity contribution in [2.75, 3.05) is 38.1 Å². The number of aryl methyl sites for hydroxylation is 1. The topological polar surface area (TPSA) is 80.0 Å². The average molecular weight is 428 g/mol. The number of hydrogen-bond donors (Lipinski definition) is 0. The van der Waals surface area contributed by atoms with Gasteiger partial charge in [-0.1, -0.05) is 12.1 Å². The van der Waals surface area contributed by atoms with Gasteiger partial charge in [-0.25, -0.2) is 0 Å². The second-order valence-electron chi connectivity index (χ2n) is 8.33. The van der Waals surface area contributed by atoms with Crippen LogP contribution < -0.4 is 4.90 Å². The van der Waals surface area contributed by atoms with Crippen LogP contribution in [0.3, 0.4) is 0 Å². The Morgan fingerprint density at radius 1 is 0.938 bits per heavy atom. The molecular weight excluding hydrogens is 402 g/mol. The number of aromatic nitrogens is 5. The van der Waals surface area contributed by atoms with Gasteiger partial charge in [-0.15, -0.1) is 5.10 Å². The zero-order valence-corrected chi connectivity index (χ0v) is 18.3. The fraction of sp³-hybridized carbons (Fsp3) is 0.292. The number of hydrogen-bond acceptors (Lipinski definition) is 7. The van der Waals surface area contributed by atoms with Crippen LogP contribution in [0.2, 0.25) is 0 Å². The molecule has 1 aliphatic rings. The summed E-state index contributed by atoms with van der Waals surface area (Å²) in [6.45, 7) is 3.71. The van der Waals surface area contributed by atoms with Gasteiger partial charge < -0.3 is 9.80 Å². The van der Waals surface area contributed by atoms with Crippen molar-refractivity contribution >= 4 is 22.4 Å². The quantitative estimate of drug-likeness (QED) is 0.453. The van der Waals surface area contributed by atoms with Crippen molar-refractivity contribution in [2.45, 2.75) is 6.42 Å². The number of piperazine rings is 1. The molecule has 0 N–H and O–H groups in total. The molecule has 0 spiro atoms. The van der Waals surface area contributed by atoms with Crippen LogP contribution >= 0.6 is 0 Å². The van der Waals surface area contributed by atoms with Crippen molar-refractivity contribution in [3.8, 4) is 11.1 Å². The molecule has 0 amide bonds. The normalized spacial score (nSPS) is 14.8. The van der Waals surface area contributed by atoms with Gasteiger partial charge in [0.05, 0.1) is 18.8 Å². The van der Waals surface area contributed by atoms with E-state index in [1.54, 1.807) is 10.9 Å². The number of ketones is 1. The molecule has 0 atom stereocenters. The molecule has 5 rings (SSSR count). The maximum atomic E-state index is 13.0. The first-order valence-corrected chi connectivity index (χ1v) is 10.7. The van der Waals surface area contributed by atoms with E-state index in [-0.39, 0.29) is 12.2 Å². The van der Waals surface area contributed by atoms with Gasteiger partial charge in [0, 0.05) is 67.8 Å². The summed E-state index contributed by atoms with van der Waals surface area (Å²) in [4.78, 5) is 22.0. The lowest BCUT2D eigenvalue weighted by Crippen LogP contribution is -2.44. The number of carbonyl (C=O) groups is 1. The highest BCUT2D eigenvalue weighted by atomic mass is 16.1. The molecule has 8 heteroatoms. The van der Waals surface area contributed by atoms with Gasteiger partial charge in [0.15, 0.2) is 11.6 Å². The molecule has 0 aliphatic carbocycles. The lowest BCUT2D eigenvalue weighted by molar-refractivity contribution is 0.0991. The molecular formula is C24H25N7O. The summed E-state index contributed by atoms with van der Waals surface area (Å²) in [6, 6.07) is 10.1. The maximum absolute atomic E-state index is 13.0. The third kappa shape index (κ3) is 4.22. The highest BCUT2D eigenvalue weighted by Gasteiger charge is 2.18. The molecule has 3 aromatic heterocycles. The predicted molar refractivity (Wildman–Crippen MR) is 124 cm³/mol. The summed E-state index contributed by atoms with van der Waals surface area (Å²) in [5.74, 6) is 0.752. The van der Waals surface area contributed by atoms with Gasteiger partial charge in [0.25, 0.3) is 0 Å². The molecule has 162 valence electrons. The number of anilines is 1. The van der Waals surface area contributed by atoms with Crippen LogP contribution in [-0.2, 0) is 13.5 Å². The minimum atomic E-state index is -0.00876. The highest BCUT2D eigenvalue weighted by molar-refractivity contribution is 5.98. The first kappa shape index (κ1) is 20.3. The monoisotopic (exact) mass is 427 g/mol. The number of carbonyl (C=O) groups excluding carboxylic acids is 1. The van der Waals surface area contributed by atoms with Crippen LogP contribution in [0.5, 0.6) is 0 Å². The smallest absolute Gasteiger partial charge is 0.170 e. The van der Waals surface area contributed by atoms with Gasteiger partial charge in [0.2, 0.25) is 0 Å². The van der Waals surface area contributed by atoms with Gasteiger partial charge in [-0.2, -0.15) is 10.2 Å². The van der Waals surface area contributed by atoms with Crippen molar-refractivity contribution in [3.63, 3.8) is 0 Å². The average Bonchev–Trinajstić information content (AvgIpc) is 3.25. The number of pyridine rings is 1. The summed E-state index contributed by atoms with van der Waals surface area (Å²) in [6.07, 6.45) is 7.43. The Labute approximate surface area is 186 Å². The molecule has 0 bridgehead atoms. The zero-order chi connectivity index (χ0) is 22.1. The highest BCUT2D eigenvalue weighted by Crippen LogP contribution is 2.24. The summed E-state index contributed by atoms with van der Waals surface area (Å²) in [7, 11) is 4.01. The molecule has 0 radical (unpaired) electrons. The zero-order valence-electron chi connectivity index (χ0n) is 18.3. The number of fused-ring (bicyclic) bond motifs is 1. The maximum Gasteiger partial charge on any atom is 0.170 e. The van der Waals surface area contributed by atoms with E-state index in [0.29, 0.717) is 5.56 Å². The summed E-state index contributed by atoms with van der Waals surface area (Å²) in [5, 5.41) is 14.7. The van der Waals surface area contributed by atoms with Gasteiger partial charge >= 0.3 is 0 Å². The van der Waals surface area contributed by atoms with E-state index < -0.39 is 0 Å². The van der Waals surface area contributed by atoms with Crippen LogP contribution in [-0.4, -0.2) is 68.9 Å². The van der Waals surface area contributed by atoms with E-state index in [1.807, 2.05) is 43.8 Å². The summed E-state index contributed by atoms with van der Waals surface area (Å²) >= 11 is 0. The number of benzene rings is 1. The number of nitrogens with zero attached hydrogens (tertiary/aromatic N) is 7. The Morgan fingerprint density at radius 2 is 1.78 bits per heavy atom. The van der Waals surface area contributed by atoms with Gasteiger partial charge in [-0.3, -0.25) is 14.5 Å². The van der Waals surface area contributed by atoms with Crippen molar-refractivity contribution in [3.05, 3.63) is 66.4 Å². The molecule has 8 nitrogen and oxygen atoms in total. The Hall–Kier alpha value is -3.65. The number of Topliss-reactive ketones (excluding diaryl/α,β-unsaturated/α-hetero) is 1. The molecule has 0 unspecified atom stereocenters. The lowest BCUT2D eigenvalue weighted by atomic mass is 10.0. The molecule has 4 heterocycles. The Balaban J connectivity index is 1.36.